The zero-order chi connectivity index (χ0) is 13.0. The van der Waals surface area contributed by atoms with Gasteiger partial charge >= 0.3 is 0 Å². The standard InChI is InChI=1S/C13H10Cl3NO/c14-11-4-2-1-3-9(11)7-18-8-10-6-17-13(16)5-12(10)15/h1-6H,7-8H2. The van der Waals surface area contributed by atoms with Gasteiger partial charge in [0.2, 0.25) is 0 Å². The van der Waals surface area contributed by atoms with Crippen molar-refractivity contribution in [3.05, 3.63) is 62.9 Å². The highest BCUT2D eigenvalue weighted by atomic mass is 35.5. The minimum absolute atomic E-state index is 0.369. The van der Waals surface area contributed by atoms with Crippen molar-refractivity contribution in [2.45, 2.75) is 13.2 Å². The molecule has 2 rings (SSSR count). The lowest BCUT2D eigenvalue weighted by Gasteiger charge is -2.07. The van der Waals surface area contributed by atoms with Crippen molar-refractivity contribution in [1.29, 1.82) is 0 Å². The van der Waals surface area contributed by atoms with Crippen molar-refractivity contribution in [3.8, 4) is 0 Å². The summed E-state index contributed by atoms with van der Waals surface area (Å²) in [5.41, 5.74) is 1.74. The normalized spacial score (nSPS) is 10.6. The molecular weight excluding hydrogens is 293 g/mol. The molecule has 0 aliphatic carbocycles. The molecule has 0 amide bonds. The van der Waals surface area contributed by atoms with Crippen molar-refractivity contribution in [2.75, 3.05) is 0 Å². The first-order valence-electron chi connectivity index (χ1n) is 5.28. The quantitative estimate of drug-likeness (QED) is 0.760. The van der Waals surface area contributed by atoms with Crippen molar-refractivity contribution in [1.82, 2.24) is 4.98 Å². The lowest BCUT2D eigenvalue weighted by Crippen LogP contribution is -1.96. The Kier molecular flexibility index (Phi) is 4.84. The maximum absolute atomic E-state index is 6.02. The van der Waals surface area contributed by atoms with E-state index in [1.165, 1.54) is 0 Å². The molecule has 18 heavy (non-hydrogen) atoms. The monoisotopic (exact) mass is 301 g/mol. The van der Waals surface area contributed by atoms with Gasteiger partial charge in [0.25, 0.3) is 0 Å². The number of aromatic nitrogens is 1. The van der Waals surface area contributed by atoms with E-state index in [-0.39, 0.29) is 0 Å². The van der Waals surface area contributed by atoms with Crippen LogP contribution in [0.5, 0.6) is 0 Å². The van der Waals surface area contributed by atoms with E-state index < -0.39 is 0 Å². The summed E-state index contributed by atoms with van der Waals surface area (Å²) in [5.74, 6) is 0. The Labute approximate surface area is 120 Å². The number of nitrogens with zero attached hydrogens (tertiary/aromatic N) is 1. The van der Waals surface area contributed by atoms with Gasteiger partial charge in [0.05, 0.1) is 18.2 Å². The van der Waals surface area contributed by atoms with Crippen molar-refractivity contribution in [3.63, 3.8) is 0 Å². The maximum atomic E-state index is 6.02. The Morgan fingerprint density at radius 1 is 0.944 bits per heavy atom. The van der Waals surface area contributed by atoms with Crippen LogP contribution in [-0.2, 0) is 18.0 Å². The van der Waals surface area contributed by atoms with Gasteiger partial charge in [-0.05, 0) is 17.7 Å². The largest absolute Gasteiger partial charge is 0.372 e. The van der Waals surface area contributed by atoms with Crippen molar-refractivity contribution >= 4 is 34.8 Å². The second kappa shape index (κ2) is 6.39. The molecule has 0 aliphatic heterocycles. The Hall–Kier alpha value is -0.800. The highest BCUT2D eigenvalue weighted by Crippen LogP contribution is 2.21. The molecule has 0 atom stereocenters. The summed E-state index contributed by atoms with van der Waals surface area (Å²) in [4.78, 5) is 3.96. The SMILES string of the molecule is Clc1cc(Cl)c(COCc2ccccc2Cl)cn1. The van der Waals surface area contributed by atoms with E-state index in [4.69, 9.17) is 39.5 Å². The maximum Gasteiger partial charge on any atom is 0.130 e. The number of pyridine rings is 1. The smallest absolute Gasteiger partial charge is 0.130 e. The van der Waals surface area contributed by atoms with E-state index in [2.05, 4.69) is 4.98 Å². The minimum atomic E-state index is 0.369. The van der Waals surface area contributed by atoms with E-state index in [0.717, 1.165) is 11.1 Å². The van der Waals surface area contributed by atoms with Crippen LogP contribution in [0.2, 0.25) is 15.2 Å². The summed E-state index contributed by atoms with van der Waals surface area (Å²) in [6.07, 6.45) is 1.61. The Morgan fingerprint density at radius 3 is 2.39 bits per heavy atom. The highest BCUT2D eigenvalue weighted by molar-refractivity contribution is 6.34. The number of rotatable bonds is 4. The molecule has 0 saturated carbocycles. The molecule has 1 aromatic heterocycles. The summed E-state index contributed by atoms with van der Waals surface area (Å²) in [7, 11) is 0. The molecule has 0 saturated heterocycles. The van der Waals surface area contributed by atoms with E-state index in [1.807, 2.05) is 24.3 Å². The molecule has 0 aliphatic rings. The molecule has 1 heterocycles. The average molecular weight is 303 g/mol. The number of benzene rings is 1. The van der Waals surface area contributed by atoms with Gasteiger partial charge < -0.3 is 4.74 Å². The molecular formula is C13H10Cl3NO. The Balaban J connectivity index is 1.95. The molecule has 0 fully saturated rings. The van der Waals surface area contributed by atoms with Crippen LogP contribution < -0.4 is 0 Å². The summed E-state index contributed by atoms with van der Waals surface area (Å²) in [6.45, 7) is 0.798. The number of halogens is 3. The Bertz CT molecular complexity index is 546. The van der Waals surface area contributed by atoms with Gasteiger partial charge in [-0.25, -0.2) is 4.98 Å². The topological polar surface area (TPSA) is 22.1 Å². The minimum Gasteiger partial charge on any atom is -0.372 e. The van der Waals surface area contributed by atoms with E-state index >= 15 is 0 Å². The second-order valence-corrected chi connectivity index (χ2v) is 4.88. The van der Waals surface area contributed by atoms with Crippen molar-refractivity contribution in [2.24, 2.45) is 0 Å². The molecule has 94 valence electrons. The fourth-order valence-electron chi connectivity index (χ4n) is 1.43. The van der Waals surface area contributed by atoms with E-state index in [0.29, 0.717) is 28.4 Å². The lowest BCUT2D eigenvalue weighted by molar-refractivity contribution is 0.107. The number of ether oxygens (including phenoxy) is 1. The third-order valence-electron chi connectivity index (χ3n) is 2.37. The van der Waals surface area contributed by atoms with Crippen LogP contribution in [0.3, 0.4) is 0 Å². The zero-order valence-corrected chi connectivity index (χ0v) is 11.6. The molecule has 2 aromatic rings. The molecule has 5 heteroatoms. The van der Waals surface area contributed by atoms with Gasteiger partial charge in [0, 0.05) is 16.8 Å². The summed E-state index contributed by atoms with van der Waals surface area (Å²) < 4.78 is 5.56. The van der Waals surface area contributed by atoms with Gasteiger partial charge in [0.15, 0.2) is 0 Å². The molecule has 0 radical (unpaired) electrons. The van der Waals surface area contributed by atoms with Crippen molar-refractivity contribution < 1.29 is 4.74 Å². The van der Waals surface area contributed by atoms with Crippen LogP contribution in [0.25, 0.3) is 0 Å². The van der Waals surface area contributed by atoms with Crippen LogP contribution in [0.1, 0.15) is 11.1 Å². The van der Waals surface area contributed by atoms with Gasteiger partial charge in [-0.15, -0.1) is 0 Å². The van der Waals surface area contributed by atoms with Gasteiger partial charge in [-0.2, -0.15) is 0 Å². The second-order valence-electron chi connectivity index (χ2n) is 3.68. The molecule has 1 aromatic carbocycles. The molecule has 0 spiro atoms. The van der Waals surface area contributed by atoms with Crippen LogP contribution in [0.4, 0.5) is 0 Å². The third-order valence-corrected chi connectivity index (χ3v) is 3.30. The van der Waals surface area contributed by atoms with Crippen LogP contribution in [-0.4, -0.2) is 4.98 Å². The average Bonchev–Trinajstić information content (AvgIpc) is 2.34. The first-order chi connectivity index (χ1) is 8.66. The zero-order valence-electron chi connectivity index (χ0n) is 9.37. The van der Waals surface area contributed by atoms with Crippen LogP contribution >= 0.6 is 34.8 Å². The predicted molar refractivity (Wildman–Crippen MR) is 74.2 cm³/mol. The highest BCUT2D eigenvalue weighted by Gasteiger charge is 2.04. The predicted octanol–water partition coefficient (Wildman–Crippen LogP) is 4.76. The van der Waals surface area contributed by atoms with Gasteiger partial charge in [0.1, 0.15) is 5.15 Å². The summed E-state index contributed by atoms with van der Waals surface area (Å²) in [6, 6.07) is 9.14. The summed E-state index contributed by atoms with van der Waals surface area (Å²) >= 11 is 17.7. The number of hydrogen-bond acceptors (Lipinski definition) is 2. The Morgan fingerprint density at radius 2 is 1.67 bits per heavy atom. The van der Waals surface area contributed by atoms with Crippen LogP contribution in [0.15, 0.2) is 36.5 Å². The third kappa shape index (κ3) is 3.59. The van der Waals surface area contributed by atoms with E-state index in [9.17, 15) is 0 Å². The molecule has 0 N–H and O–H groups in total. The molecule has 0 unspecified atom stereocenters. The van der Waals surface area contributed by atoms with Crippen LogP contribution in [0, 0.1) is 0 Å². The van der Waals surface area contributed by atoms with Gasteiger partial charge in [-0.3, -0.25) is 0 Å². The first kappa shape index (κ1) is 13.6. The first-order valence-corrected chi connectivity index (χ1v) is 6.41. The summed E-state index contributed by atoms with van der Waals surface area (Å²) in [5, 5.41) is 1.61. The fraction of sp³-hybridized carbons (Fsp3) is 0.154. The lowest BCUT2D eigenvalue weighted by atomic mass is 10.2. The fourth-order valence-corrected chi connectivity index (χ4v) is 2.04. The molecule has 0 bridgehead atoms. The van der Waals surface area contributed by atoms with E-state index in [1.54, 1.807) is 12.3 Å². The van der Waals surface area contributed by atoms with Gasteiger partial charge in [-0.1, -0.05) is 53.0 Å². The number of hydrogen-bond donors (Lipinski definition) is 0. The molecule has 2 nitrogen and oxygen atoms in total.